The second-order valence-electron chi connectivity index (χ2n) is 6.19. The standard InChI is InChI=1S/C21H26N2O5/c1-13-7-8-14(2)20(15(13)3)28-12-19(24)23-22-11-16-9-17(25-4)21(27-6)18(10-16)26-5/h7-11H,12H2,1-6H3,(H,23,24). The van der Waals surface area contributed by atoms with E-state index in [2.05, 4.69) is 10.5 Å². The molecule has 0 aliphatic carbocycles. The molecule has 0 heterocycles. The van der Waals surface area contributed by atoms with E-state index in [1.807, 2.05) is 32.9 Å². The van der Waals surface area contributed by atoms with Gasteiger partial charge in [-0.15, -0.1) is 0 Å². The number of hydrogen-bond donors (Lipinski definition) is 1. The lowest BCUT2D eigenvalue weighted by Gasteiger charge is -2.13. The number of nitrogens with one attached hydrogen (secondary N) is 1. The Kier molecular flexibility index (Phi) is 7.26. The minimum Gasteiger partial charge on any atom is -0.493 e. The molecule has 2 rings (SSSR count). The fourth-order valence-corrected chi connectivity index (χ4v) is 2.67. The Labute approximate surface area is 165 Å². The fourth-order valence-electron chi connectivity index (χ4n) is 2.67. The van der Waals surface area contributed by atoms with Gasteiger partial charge in [0, 0.05) is 5.56 Å². The van der Waals surface area contributed by atoms with E-state index in [0.29, 0.717) is 22.8 Å². The van der Waals surface area contributed by atoms with Gasteiger partial charge in [-0.25, -0.2) is 5.43 Å². The monoisotopic (exact) mass is 386 g/mol. The predicted molar refractivity (Wildman–Crippen MR) is 108 cm³/mol. The van der Waals surface area contributed by atoms with Crippen molar-refractivity contribution in [3.63, 3.8) is 0 Å². The van der Waals surface area contributed by atoms with Crippen LogP contribution in [0.5, 0.6) is 23.0 Å². The molecule has 0 saturated carbocycles. The summed E-state index contributed by atoms with van der Waals surface area (Å²) in [5.41, 5.74) is 6.25. The topological polar surface area (TPSA) is 78.4 Å². The van der Waals surface area contributed by atoms with Crippen LogP contribution >= 0.6 is 0 Å². The number of aryl methyl sites for hydroxylation is 2. The summed E-state index contributed by atoms with van der Waals surface area (Å²) in [5.74, 6) is 1.86. The average molecular weight is 386 g/mol. The van der Waals surface area contributed by atoms with Crippen LogP contribution in [0.3, 0.4) is 0 Å². The summed E-state index contributed by atoms with van der Waals surface area (Å²) in [6.45, 7) is 5.79. The summed E-state index contributed by atoms with van der Waals surface area (Å²) in [6.07, 6.45) is 1.49. The van der Waals surface area contributed by atoms with Crippen LogP contribution in [0.4, 0.5) is 0 Å². The third-order valence-corrected chi connectivity index (χ3v) is 4.31. The highest BCUT2D eigenvalue weighted by Crippen LogP contribution is 2.37. The van der Waals surface area contributed by atoms with E-state index >= 15 is 0 Å². The van der Waals surface area contributed by atoms with Gasteiger partial charge in [0.2, 0.25) is 5.75 Å². The van der Waals surface area contributed by atoms with Crippen LogP contribution in [0.2, 0.25) is 0 Å². The molecule has 0 spiro atoms. The zero-order valence-corrected chi connectivity index (χ0v) is 17.1. The molecule has 7 heteroatoms. The Morgan fingerprint density at radius 1 is 0.964 bits per heavy atom. The number of benzene rings is 2. The van der Waals surface area contributed by atoms with Crippen LogP contribution in [0, 0.1) is 20.8 Å². The molecule has 2 aromatic carbocycles. The van der Waals surface area contributed by atoms with E-state index in [1.54, 1.807) is 12.1 Å². The summed E-state index contributed by atoms with van der Waals surface area (Å²) < 4.78 is 21.5. The summed E-state index contributed by atoms with van der Waals surface area (Å²) in [5, 5.41) is 3.97. The molecule has 0 bridgehead atoms. The first-order valence-electron chi connectivity index (χ1n) is 8.72. The van der Waals surface area contributed by atoms with Gasteiger partial charge < -0.3 is 18.9 Å². The largest absolute Gasteiger partial charge is 0.493 e. The van der Waals surface area contributed by atoms with E-state index in [-0.39, 0.29) is 12.5 Å². The molecular formula is C21H26N2O5. The Morgan fingerprint density at radius 3 is 2.14 bits per heavy atom. The molecule has 0 unspecified atom stereocenters. The quantitative estimate of drug-likeness (QED) is 0.557. The van der Waals surface area contributed by atoms with E-state index < -0.39 is 0 Å². The molecule has 28 heavy (non-hydrogen) atoms. The number of carbonyl (C=O) groups is 1. The number of hydrazone groups is 1. The first-order chi connectivity index (χ1) is 13.4. The average Bonchev–Trinajstić information content (AvgIpc) is 2.69. The third-order valence-electron chi connectivity index (χ3n) is 4.31. The fraction of sp³-hybridized carbons (Fsp3) is 0.333. The van der Waals surface area contributed by atoms with E-state index in [4.69, 9.17) is 18.9 Å². The highest BCUT2D eigenvalue weighted by molar-refractivity contribution is 5.84. The molecule has 0 aromatic heterocycles. The number of nitrogens with zero attached hydrogens (tertiary/aromatic N) is 1. The molecular weight excluding hydrogens is 360 g/mol. The van der Waals surface area contributed by atoms with Crippen molar-refractivity contribution in [2.45, 2.75) is 20.8 Å². The number of amides is 1. The van der Waals surface area contributed by atoms with Gasteiger partial charge >= 0.3 is 0 Å². The Bertz CT molecular complexity index is 852. The normalized spacial score (nSPS) is 10.6. The van der Waals surface area contributed by atoms with Gasteiger partial charge in [-0.05, 0) is 49.6 Å². The smallest absolute Gasteiger partial charge is 0.277 e. The number of rotatable bonds is 8. The van der Waals surface area contributed by atoms with Gasteiger partial charge in [-0.3, -0.25) is 4.79 Å². The number of methoxy groups -OCH3 is 3. The lowest BCUT2D eigenvalue weighted by Crippen LogP contribution is -2.25. The van der Waals surface area contributed by atoms with Crippen LogP contribution < -0.4 is 24.4 Å². The minimum atomic E-state index is -0.357. The highest BCUT2D eigenvalue weighted by atomic mass is 16.5. The maximum absolute atomic E-state index is 12.0. The predicted octanol–water partition coefficient (Wildman–Crippen LogP) is 3.17. The molecule has 2 aromatic rings. The van der Waals surface area contributed by atoms with Crippen LogP contribution in [-0.4, -0.2) is 40.1 Å². The van der Waals surface area contributed by atoms with E-state index in [1.165, 1.54) is 27.5 Å². The van der Waals surface area contributed by atoms with Crippen LogP contribution in [0.15, 0.2) is 29.4 Å². The van der Waals surface area contributed by atoms with E-state index in [0.717, 1.165) is 22.4 Å². The molecule has 1 amide bonds. The Balaban J connectivity index is 2.01. The molecule has 0 aliphatic rings. The van der Waals surface area contributed by atoms with Crippen molar-refractivity contribution in [1.29, 1.82) is 0 Å². The number of carbonyl (C=O) groups excluding carboxylic acids is 1. The van der Waals surface area contributed by atoms with Gasteiger partial charge in [0.05, 0.1) is 27.5 Å². The highest BCUT2D eigenvalue weighted by Gasteiger charge is 2.12. The maximum atomic E-state index is 12.0. The molecule has 0 fully saturated rings. The number of ether oxygens (including phenoxy) is 4. The van der Waals surface area contributed by atoms with Crippen molar-refractivity contribution in [3.05, 3.63) is 46.5 Å². The van der Waals surface area contributed by atoms with Gasteiger partial charge in [0.1, 0.15) is 5.75 Å². The first-order valence-corrected chi connectivity index (χ1v) is 8.72. The zero-order valence-electron chi connectivity index (χ0n) is 17.1. The lowest BCUT2D eigenvalue weighted by molar-refractivity contribution is -0.123. The summed E-state index contributed by atoms with van der Waals surface area (Å²) in [7, 11) is 4.60. The number of hydrogen-bond acceptors (Lipinski definition) is 6. The SMILES string of the molecule is COc1cc(C=NNC(=O)COc2c(C)ccc(C)c2C)cc(OC)c1OC. The Hall–Kier alpha value is -3.22. The molecule has 7 nitrogen and oxygen atoms in total. The molecule has 1 N–H and O–H groups in total. The van der Waals surface area contributed by atoms with Gasteiger partial charge in [-0.1, -0.05) is 12.1 Å². The molecule has 0 radical (unpaired) electrons. The van der Waals surface area contributed by atoms with Gasteiger partial charge in [-0.2, -0.15) is 5.10 Å². The van der Waals surface area contributed by atoms with Crippen molar-refractivity contribution in [3.8, 4) is 23.0 Å². The molecule has 0 atom stereocenters. The maximum Gasteiger partial charge on any atom is 0.277 e. The van der Waals surface area contributed by atoms with Crippen LogP contribution in [0.1, 0.15) is 22.3 Å². The van der Waals surface area contributed by atoms with E-state index in [9.17, 15) is 4.79 Å². The van der Waals surface area contributed by atoms with Crippen molar-refractivity contribution in [2.24, 2.45) is 5.10 Å². The summed E-state index contributed by atoms with van der Waals surface area (Å²) >= 11 is 0. The van der Waals surface area contributed by atoms with Crippen LogP contribution in [-0.2, 0) is 4.79 Å². The molecule has 150 valence electrons. The lowest BCUT2D eigenvalue weighted by atomic mass is 10.1. The minimum absolute atomic E-state index is 0.127. The van der Waals surface area contributed by atoms with Gasteiger partial charge in [0.15, 0.2) is 18.1 Å². The van der Waals surface area contributed by atoms with Crippen molar-refractivity contribution < 1.29 is 23.7 Å². The molecule has 0 saturated heterocycles. The van der Waals surface area contributed by atoms with Gasteiger partial charge in [0.25, 0.3) is 5.91 Å². The summed E-state index contributed by atoms with van der Waals surface area (Å²) in [4.78, 5) is 12.0. The second-order valence-corrected chi connectivity index (χ2v) is 6.19. The second kappa shape index (κ2) is 9.64. The van der Waals surface area contributed by atoms with Crippen molar-refractivity contribution in [1.82, 2.24) is 5.43 Å². The third kappa shape index (κ3) is 4.94. The van der Waals surface area contributed by atoms with Crippen molar-refractivity contribution in [2.75, 3.05) is 27.9 Å². The first kappa shape index (κ1) is 21.1. The Morgan fingerprint density at radius 2 is 1.57 bits per heavy atom. The summed E-state index contributed by atoms with van der Waals surface area (Å²) in [6, 6.07) is 7.46. The zero-order chi connectivity index (χ0) is 20.7. The molecule has 0 aliphatic heterocycles. The van der Waals surface area contributed by atoms with Crippen LogP contribution in [0.25, 0.3) is 0 Å². The van der Waals surface area contributed by atoms with Crippen molar-refractivity contribution >= 4 is 12.1 Å².